The van der Waals surface area contributed by atoms with Crippen LogP contribution in [0.4, 0.5) is 0 Å². The fraction of sp³-hybridized carbons (Fsp3) is 0.357. The number of hydrogen-bond acceptors (Lipinski definition) is 5. The van der Waals surface area contributed by atoms with Gasteiger partial charge in [-0.1, -0.05) is 25.1 Å². The summed E-state index contributed by atoms with van der Waals surface area (Å²) in [5.74, 6) is 1.06. The highest BCUT2D eigenvalue weighted by molar-refractivity contribution is 5.96. The summed E-state index contributed by atoms with van der Waals surface area (Å²) >= 11 is 0. The van der Waals surface area contributed by atoms with Gasteiger partial charge < -0.3 is 14.6 Å². The maximum atomic E-state index is 13.2. The lowest BCUT2D eigenvalue weighted by molar-refractivity contribution is 0.0538. The highest BCUT2D eigenvalue weighted by Crippen LogP contribution is 2.36. The van der Waals surface area contributed by atoms with Gasteiger partial charge in [-0.3, -0.25) is 4.79 Å². The van der Waals surface area contributed by atoms with Crippen LogP contribution in [0.2, 0.25) is 0 Å². The zero-order valence-electron chi connectivity index (χ0n) is 20.0. The molecular weight excluding hydrogens is 438 g/mol. The molecule has 2 fully saturated rings. The first-order chi connectivity index (χ1) is 16.9. The molecule has 3 heterocycles. The number of carbonyl (C=O) groups is 1. The lowest BCUT2D eigenvalue weighted by Gasteiger charge is -2.39. The van der Waals surface area contributed by atoms with E-state index < -0.39 is 0 Å². The van der Waals surface area contributed by atoms with E-state index in [1.54, 1.807) is 0 Å². The van der Waals surface area contributed by atoms with E-state index in [1.165, 1.54) is 0 Å². The van der Waals surface area contributed by atoms with E-state index in [9.17, 15) is 10.1 Å². The minimum atomic E-state index is -0.165. The van der Waals surface area contributed by atoms with Crippen molar-refractivity contribution in [3.05, 3.63) is 76.2 Å². The summed E-state index contributed by atoms with van der Waals surface area (Å²) in [7, 11) is 0. The number of hydrogen-bond donors (Lipinski definition) is 1. The van der Waals surface area contributed by atoms with Crippen LogP contribution in [0.15, 0.2) is 42.5 Å². The fourth-order valence-electron chi connectivity index (χ4n) is 4.89. The van der Waals surface area contributed by atoms with Crippen molar-refractivity contribution in [1.29, 1.82) is 10.5 Å². The monoisotopic (exact) mass is 465 g/mol. The molecule has 35 heavy (non-hydrogen) atoms. The number of H-pyrrole nitrogens is 1. The number of carbonyl (C=O) groups excluding carboxylic acids is 1. The van der Waals surface area contributed by atoms with Crippen LogP contribution in [0.1, 0.15) is 64.2 Å². The molecule has 0 spiro atoms. The average Bonchev–Trinajstić information content (AvgIpc) is 3.29. The summed E-state index contributed by atoms with van der Waals surface area (Å²) < 4.78 is 5.52. The Hall–Kier alpha value is -3.94. The lowest BCUT2D eigenvalue weighted by atomic mass is 9.82. The summed E-state index contributed by atoms with van der Waals surface area (Å²) in [6.07, 6.45) is 1.69. The predicted molar refractivity (Wildman–Crippen MR) is 131 cm³/mol. The Labute approximate surface area is 205 Å². The Morgan fingerprint density at radius 1 is 1.11 bits per heavy atom. The van der Waals surface area contributed by atoms with E-state index in [-0.39, 0.29) is 17.2 Å². The molecule has 0 saturated carbocycles. The van der Waals surface area contributed by atoms with Crippen molar-refractivity contribution in [2.45, 2.75) is 38.0 Å². The maximum Gasteiger partial charge on any atom is 0.253 e. The zero-order valence-corrected chi connectivity index (χ0v) is 20.0. The van der Waals surface area contributed by atoms with E-state index in [2.05, 4.69) is 29.0 Å². The quantitative estimate of drug-likeness (QED) is 0.613. The molecule has 0 unspecified atom stereocenters. The Bertz CT molecular complexity index is 1350. The number of likely N-dealkylation sites (tertiary alicyclic amines) is 1. The summed E-state index contributed by atoms with van der Waals surface area (Å²) in [5, 5.41) is 18.8. The number of nitrogens with zero attached hydrogens (tertiary/aromatic N) is 4. The van der Waals surface area contributed by atoms with Crippen LogP contribution in [0.3, 0.4) is 0 Å². The van der Waals surface area contributed by atoms with Gasteiger partial charge >= 0.3 is 0 Å². The van der Waals surface area contributed by atoms with Crippen molar-refractivity contribution in [2.75, 3.05) is 26.3 Å². The van der Waals surface area contributed by atoms with Crippen LogP contribution < -0.4 is 0 Å². The van der Waals surface area contributed by atoms with Crippen LogP contribution in [-0.4, -0.2) is 47.1 Å². The number of nitriles is 2. The van der Waals surface area contributed by atoms with Gasteiger partial charge in [0.15, 0.2) is 5.69 Å². The molecule has 0 radical (unpaired) electrons. The molecule has 0 atom stereocenters. The van der Waals surface area contributed by atoms with Crippen LogP contribution >= 0.6 is 0 Å². The van der Waals surface area contributed by atoms with Crippen molar-refractivity contribution in [2.24, 2.45) is 0 Å². The summed E-state index contributed by atoms with van der Waals surface area (Å²) in [4.78, 5) is 23.1. The minimum absolute atomic E-state index is 0.0224. The van der Waals surface area contributed by atoms with Gasteiger partial charge in [-0.2, -0.15) is 10.5 Å². The van der Waals surface area contributed by atoms with Crippen molar-refractivity contribution in [3.8, 4) is 23.4 Å². The molecule has 176 valence electrons. The molecule has 1 N–H and O–H groups in total. The molecule has 3 aromatic rings. The molecule has 7 nitrogen and oxygen atoms in total. The zero-order chi connectivity index (χ0) is 24.6. The highest BCUT2D eigenvalue weighted by atomic mass is 16.5. The smallest absolute Gasteiger partial charge is 0.253 e. The third kappa shape index (κ3) is 4.20. The number of amides is 1. The van der Waals surface area contributed by atoms with Crippen LogP contribution in [0, 0.1) is 29.6 Å². The third-order valence-electron chi connectivity index (χ3n) is 7.41. The normalized spacial score (nSPS) is 17.3. The summed E-state index contributed by atoms with van der Waals surface area (Å²) in [6, 6.07) is 17.6. The predicted octanol–water partition coefficient (Wildman–Crippen LogP) is 4.44. The molecule has 0 aliphatic carbocycles. The van der Waals surface area contributed by atoms with Gasteiger partial charge in [0.25, 0.3) is 5.91 Å². The third-order valence-corrected chi connectivity index (χ3v) is 7.41. The first-order valence-electron chi connectivity index (χ1n) is 11.9. The second-order valence-electron chi connectivity index (χ2n) is 9.76. The van der Waals surface area contributed by atoms with Gasteiger partial charge in [-0.25, -0.2) is 4.98 Å². The first kappa shape index (κ1) is 22.8. The van der Waals surface area contributed by atoms with Crippen molar-refractivity contribution in [3.63, 3.8) is 0 Å². The molecule has 0 bridgehead atoms. The van der Waals surface area contributed by atoms with Gasteiger partial charge in [0.05, 0.1) is 17.3 Å². The molecule has 7 heteroatoms. The molecular formula is C28H27N5O2. The standard InChI is InChI=1S/C28H27N5O2/c1-18-3-6-21(26(34)33-16-22(17-33)20-7-4-19(14-29)5-8-20)13-23(18)25-24(15-30)31-27(32-25)28(2)9-11-35-12-10-28/h3-8,13,22H,9-12,16-17H2,1-2H3,(H,31,32). The molecule has 2 aromatic carbocycles. The molecule has 2 aliphatic heterocycles. The molecule has 5 rings (SSSR count). The Kier molecular flexibility index (Phi) is 5.88. The second kappa shape index (κ2) is 9.02. The number of nitrogens with one attached hydrogen (secondary N) is 1. The highest BCUT2D eigenvalue weighted by Gasteiger charge is 2.35. The van der Waals surface area contributed by atoms with E-state index in [0.29, 0.717) is 48.8 Å². The molecule has 2 saturated heterocycles. The van der Waals surface area contributed by atoms with Crippen molar-refractivity contribution in [1.82, 2.24) is 14.9 Å². The Morgan fingerprint density at radius 3 is 2.49 bits per heavy atom. The number of aromatic nitrogens is 2. The molecule has 1 amide bonds. The number of aryl methyl sites for hydroxylation is 1. The molecule has 2 aliphatic rings. The van der Waals surface area contributed by atoms with E-state index >= 15 is 0 Å². The van der Waals surface area contributed by atoms with Gasteiger partial charge in [-0.15, -0.1) is 0 Å². The topological polar surface area (TPSA) is 106 Å². The fourth-order valence-corrected chi connectivity index (χ4v) is 4.89. The van der Waals surface area contributed by atoms with Crippen molar-refractivity contribution >= 4 is 5.91 Å². The van der Waals surface area contributed by atoms with Gasteiger partial charge in [-0.05, 0) is 55.2 Å². The van der Waals surface area contributed by atoms with Crippen molar-refractivity contribution < 1.29 is 9.53 Å². The largest absolute Gasteiger partial charge is 0.381 e. The first-order valence-corrected chi connectivity index (χ1v) is 11.9. The van der Waals surface area contributed by atoms with Gasteiger partial charge in [0.1, 0.15) is 11.9 Å². The number of aromatic amines is 1. The van der Waals surface area contributed by atoms with Gasteiger partial charge in [0.2, 0.25) is 0 Å². The SMILES string of the molecule is Cc1ccc(C(=O)N2CC(c3ccc(C#N)cc3)C2)cc1-c1[nH]c(C2(C)CCOCC2)nc1C#N. The number of rotatable bonds is 4. The minimum Gasteiger partial charge on any atom is -0.381 e. The number of imidazole rings is 1. The summed E-state index contributed by atoms with van der Waals surface area (Å²) in [5.41, 5.74) is 5.03. The van der Waals surface area contributed by atoms with E-state index in [4.69, 9.17) is 10.00 Å². The molecule has 1 aromatic heterocycles. The number of benzene rings is 2. The van der Waals surface area contributed by atoms with Gasteiger partial charge in [0, 0.05) is 48.8 Å². The summed E-state index contributed by atoms with van der Waals surface area (Å²) in [6.45, 7) is 6.78. The van der Waals surface area contributed by atoms with Crippen LogP contribution in [-0.2, 0) is 10.2 Å². The lowest BCUT2D eigenvalue weighted by Crippen LogP contribution is -2.48. The Balaban J connectivity index is 1.37. The maximum absolute atomic E-state index is 13.2. The van der Waals surface area contributed by atoms with Crippen LogP contribution in [0.5, 0.6) is 0 Å². The Morgan fingerprint density at radius 2 is 1.83 bits per heavy atom. The second-order valence-corrected chi connectivity index (χ2v) is 9.76. The number of ether oxygens (including phenoxy) is 1. The average molecular weight is 466 g/mol. The van der Waals surface area contributed by atoms with E-state index in [1.807, 2.05) is 54.3 Å². The van der Waals surface area contributed by atoms with E-state index in [0.717, 1.165) is 35.4 Å². The van der Waals surface area contributed by atoms with Crippen LogP contribution in [0.25, 0.3) is 11.3 Å².